The quantitative estimate of drug-likeness (QED) is 0.106. The van der Waals surface area contributed by atoms with Crippen LogP contribution in [0.4, 0.5) is 0 Å². The first-order valence-corrected chi connectivity index (χ1v) is 15.4. The van der Waals surface area contributed by atoms with E-state index in [1.54, 1.807) is 60.7 Å². The van der Waals surface area contributed by atoms with Gasteiger partial charge in [0.25, 0.3) is 0 Å². The Morgan fingerprint density at radius 2 is 1.84 bits per heavy atom. The topological polar surface area (TPSA) is 144 Å². The number of nitrogens with zero attached hydrogens (tertiary/aromatic N) is 1. The summed E-state index contributed by atoms with van der Waals surface area (Å²) in [5.74, 6) is -0.182. The van der Waals surface area contributed by atoms with Crippen LogP contribution in [0.3, 0.4) is 0 Å². The molecule has 0 amide bonds. The van der Waals surface area contributed by atoms with Gasteiger partial charge in [-0.1, -0.05) is 48.5 Å². The number of carbonyl (C=O) groups is 1. The van der Waals surface area contributed by atoms with E-state index in [1.165, 1.54) is 12.1 Å². The number of unbranched alkanes of at least 4 members (excludes halogenated alkanes) is 2. The first-order chi connectivity index (χ1) is 21.8. The van der Waals surface area contributed by atoms with Crippen LogP contribution in [0, 0.1) is 0 Å². The Balaban J connectivity index is 1.10. The summed E-state index contributed by atoms with van der Waals surface area (Å²) in [4.78, 5) is 29.8. The molecule has 10 heteroatoms. The van der Waals surface area contributed by atoms with Gasteiger partial charge in [-0.05, 0) is 74.7 Å². The summed E-state index contributed by atoms with van der Waals surface area (Å²) in [5, 5.41) is 36.5. The van der Waals surface area contributed by atoms with E-state index in [9.17, 15) is 24.9 Å². The maximum Gasteiger partial charge on any atom is 0.348 e. The molecule has 1 fully saturated rings. The minimum atomic E-state index is -1.97. The number of benzene rings is 3. The molecular weight excluding hydrogens is 574 g/mol. The number of esters is 1. The number of fused-ring (bicyclic) bond motifs is 1. The number of ether oxygens (including phenoxy) is 2. The Morgan fingerprint density at radius 3 is 2.62 bits per heavy atom. The molecular formula is C35H41N3O7. The number of hydrogen-bond donors (Lipinski definition) is 5. The maximum absolute atomic E-state index is 13.5. The number of rotatable bonds is 14. The van der Waals surface area contributed by atoms with Gasteiger partial charge in [-0.3, -0.25) is 4.79 Å². The molecule has 0 spiro atoms. The molecule has 0 unspecified atom stereocenters. The molecule has 5 N–H and O–H groups in total. The van der Waals surface area contributed by atoms with E-state index in [-0.39, 0.29) is 17.4 Å². The third kappa shape index (κ3) is 7.72. The van der Waals surface area contributed by atoms with Crippen molar-refractivity contribution in [3.8, 4) is 11.5 Å². The average Bonchev–Trinajstić information content (AvgIpc) is 3.46. The van der Waals surface area contributed by atoms with Crippen LogP contribution in [0.5, 0.6) is 11.5 Å². The predicted molar refractivity (Wildman–Crippen MR) is 171 cm³/mol. The highest BCUT2D eigenvalue weighted by atomic mass is 16.6. The van der Waals surface area contributed by atoms with Crippen molar-refractivity contribution < 1.29 is 29.6 Å². The molecule has 0 radical (unpaired) electrons. The van der Waals surface area contributed by atoms with Gasteiger partial charge < -0.3 is 40.0 Å². The lowest BCUT2D eigenvalue weighted by Gasteiger charge is -2.29. The number of likely N-dealkylation sites (tertiary alicyclic amines) is 1. The standard InChI is InChI=1S/C35H41N3O7/c1-38-19-17-27(23-38)45-34(42)35(43,24-9-4-2-5-10-24)25-11-8-12-26(21-25)44-20-7-3-6-18-36-22-31(40)28-13-15-30(39)33-29(28)14-16-32(41)37-33/h2,4-5,8-16,21,27,31,36,39-40,43H,3,6-7,17-20,22-23H2,1H3,(H,37,41)/t27-,31-,35+/m0/s1. The fourth-order valence-electron chi connectivity index (χ4n) is 5.74. The van der Waals surface area contributed by atoms with E-state index in [1.807, 2.05) is 13.1 Å². The average molecular weight is 616 g/mol. The van der Waals surface area contributed by atoms with E-state index >= 15 is 0 Å². The molecule has 3 aromatic carbocycles. The Hall–Kier alpha value is -4.22. The molecule has 2 heterocycles. The molecule has 1 aliphatic heterocycles. The van der Waals surface area contributed by atoms with Gasteiger partial charge in [0.1, 0.15) is 17.6 Å². The second-order valence-corrected chi connectivity index (χ2v) is 11.6. The number of aliphatic hydroxyl groups excluding tert-OH is 1. The van der Waals surface area contributed by atoms with Crippen LogP contribution >= 0.6 is 0 Å². The molecule has 0 aliphatic carbocycles. The molecule has 4 aromatic rings. The molecule has 1 saturated heterocycles. The van der Waals surface area contributed by atoms with Gasteiger partial charge >= 0.3 is 5.97 Å². The summed E-state index contributed by atoms with van der Waals surface area (Å²) in [5.41, 5.74) is -0.530. The molecule has 238 valence electrons. The Bertz CT molecular complexity index is 1640. The van der Waals surface area contributed by atoms with Crippen molar-refractivity contribution in [2.45, 2.75) is 43.5 Å². The second-order valence-electron chi connectivity index (χ2n) is 11.6. The number of hydrogen-bond acceptors (Lipinski definition) is 9. The fourth-order valence-corrected chi connectivity index (χ4v) is 5.74. The number of nitrogens with one attached hydrogen (secondary N) is 2. The summed E-state index contributed by atoms with van der Waals surface area (Å²) in [7, 11) is 1.98. The Kier molecular flexibility index (Phi) is 10.5. The van der Waals surface area contributed by atoms with Crippen LogP contribution in [0.2, 0.25) is 0 Å². The highest BCUT2D eigenvalue weighted by molar-refractivity contribution is 5.87. The zero-order chi connectivity index (χ0) is 31.8. The van der Waals surface area contributed by atoms with Gasteiger partial charge in [-0.25, -0.2) is 4.79 Å². The predicted octanol–water partition coefficient (Wildman–Crippen LogP) is 3.59. The zero-order valence-electron chi connectivity index (χ0n) is 25.4. The number of phenolic OH excluding ortho intramolecular Hbond substituents is 1. The van der Waals surface area contributed by atoms with Crippen LogP contribution in [0.15, 0.2) is 83.7 Å². The molecule has 0 bridgehead atoms. The number of carbonyl (C=O) groups excluding carboxylic acids is 1. The molecule has 5 rings (SSSR count). The highest BCUT2D eigenvalue weighted by Crippen LogP contribution is 2.34. The van der Waals surface area contributed by atoms with Crippen LogP contribution in [0.1, 0.15) is 48.5 Å². The number of aromatic nitrogens is 1. The van der Waals surface area contributed by atoms with Crippen molar-refractivity contribution in [2.24, 2.45) is 0 Å². The number of aromatic amines is 1. The number of H-pyrrole nitrogens is 1. The first kappa shape index (κ1) is 32.2. The van der Waals surface area contributed by atoms with Crippen molar-refractivity contribution in [3.63, 3.8) is 0 Å². The van der Waals surface area contributed by atoms with E-state index < -0.39 is 17.7 Å². The van der Waals surface area contributed by atoms with Crippen molar-refractivity contribution in [1.29, 1.82) is 0 Å². The SMILES string of the molecule is CN1CC[C@H](OC(=O)[C@@](O)(c2ccccc2)c2cccc(OCCCCCNC[C@H](O)c3ccc(O)c4[nH]c(=O)ccc34)c2)C1. The second kappa shape index (κ2) is 14.7. The van der Waals surface area contributed by atoms with E-state index in [4.69, 9.17) is 9.47 Å². The third-order valence-corrected chi connectivity index (χ3v) is 8.23. The summed E-state index contributed by atoms with van der Waals surface area (Å²) in [6, 6.07) is 21.9. The third-order valence-electron chi connectivity index (χ3n) is 8.23. The summed E-state index contributed by atoms with van der Waals surface area (Å²) < 4.78 is 11.8. The lowest BCUT2D eigenvalue weighted by molar-refractivity contribution is -0.167. The molecule has 10 nitrogen and oxygen atoms in total. The Morgan fingerprint density at radius 1 is 1.04 bits per heavy atom. The van der Waals surface area contributed by atoms with E-state index in [0.29, 0.717) is 59.6 Å². The van der Waals surface area contributed by atoms with Crippen molar-refractivity contribution in [2.75, 3.05) is 39.8 Å². The Labute approximate surface area is 262 Å². The largest absolute Gasteiger partial charge is 0.506 e. The first-order valence-electron chi connectivity index (χ1n) is 15.4. The molecule has 1 aromatic heterocycles. The van der Waals surface area contributed by atoms with Crippen LogP contribution in [-0.2, 0) is 15.1 Å². The maximum atomic E-state index is 13.5. The van der Waals surface area contributed by atoms with Gasteiger partial charge in [-0.2, -0.15) is 0 Å². The number of pyridine rings is 1. The zero-order valence-corrected chi connectivity index (χ0v) is 25.4. The van der Waals surface area contributed by atoms with Gasteiger partial charge in [0.15, 0.2) is 0 Å². The number of phenols is 1. The summed E-state index contributed by atoms with van der Waals surface area (Å²) in [6.45, 7) is 2.96. The number of likely N-dealkylation sites (N-methyl/N-ethyl adjacent to an activating group) is 1. The van der Waals surface area contributed by atoms with Crippen molar-refractivity contribution in [3.05, 3.63) is 106 Å². The van der Waals surface area contributed by atoms with E-state index in [0.717, 1.165) is 32.2 Å². The van der Waals surface area contributed by atoms with Crippen molar-refractivity contribution >= 4 is 16.9 Å². The minimum Gasteiger partial charge on any atom is -0.506 e. The van der Waals surface area contributed by atoms with Gasteiger partial charge in [0, 0.05) is 36.7 Å². The molecule has 3 atom stereocenters. The number of aliphatic hydroxyl groups is 2. The fraction of sp³-hybridized carbons (Fsp3) is 0.371. The summed E-state index contributed by atoms with van der Waals surface area (Å²) >= 11 is 0. The van der Waals surface area contributed by atoms with Crippen LogP contribution < -0.4 is 15.6 Å². The lowest BCUT2D eigenvalue weighted by Crippen LogP contribution is -2.41. The lowest BCUT2D eigenvalue weighted by atomic mass is 9.86. The monoisotopic (exact) mass is 615 g/mol. The number of aromatic hydroxyl groups is 1. The smallest absolute Gasteiger partial charge is 0.348 e. The normalized spacial score (nSPS) is 17.2. The van der Waals surface area contributed by atoms with E-state index in [2.05, 4.69) is 15.2 Å². The van der Waals surface area contributed by atoms with Gasteiger partial charge in [0.05, 0.1) is 18.2 Å². The molecule has 1 aliphatic rings. The highest BCUT2D eigenvalue weighted by Gasteiger charge is 2.43. The minimum absolute atomic E-state index is 0.0394. The van der Waals surface area contributed by atoms with Gasteiger partial charge in [-0.15, -0.1) is 0 Å². The molecule has 45 heavy (non-hydrogen) atoms. The van der Waals surface area contributed by atoms with Crippen molar-refractivity contribution in [1.82, 2.24) is 15.2 Å². The van der Waals surface area contributed by atoms with Crippen LogP contribution in [-0.4, -0.2) is 77.1 Å². The van der Waals surface area contributed by atoms with Gasteiger partial charge in [0.2, 0.25) is 11.2 Å². The molecule has 0 saturated carbocycles. The summed E-state index contributed by atoms with van der Waals surface area (Å²) in [6.07, 6.45) is 2.21. The van der Waals surface area contributed by atoms with Crippen LogP contribution in [0.25, 0.3) is 10.9 Å².